The van der Waals surface area contributed by atoms with Gasteiger partial charge in [0.2, 0.25) is 0 Å². The van der Waals surface area contributed by atoms with Crippen LogP contribution in [0.25, 0.3) is 22.8 Å². The number of hydrogen-bond acceptors (Lipinski definition) is 1. The molecule has 0 saturated heterocycles. The lowest BCUT2D eigenvalue weighted by molar-refractivity contribution is -0.649. The number of hydrogen-bond donors (Lipinski definition) is 0. The molecule has 1 aliphatic heterocycles. The van der Waals surface area contributed by atoms with Crippen molar-refractivity contribution in [2.75, 3.05) is 0 Å². The van der Waals surface area contributed by atoms with Crippen molar-refractivity contribution in [2.45, 2.75) is 6.54 Å². The molecule has 0 atom stereocenters. The molecular weight excluding hydrogens is 234 g/mol. The van der Waals surface area contributed by atoms with Gasteiger partial charge in [-0.2, -0.15) is 0 Å². The highest BCUT2D eigenvalue weighted by Crippen LogP contribution is 2.29. The molecule has 3 aromatic rings. The summed E-state index contributed by atoms with van der Waals surface area (Å²) in [5.74, 6) is 2.21. The molecule has 4 rings (SSSR count). The highest BCUT2D eigenvalue weighted by atomic mass is 15.4. The zero-order valence-electron chi connectivity index (χ0n) is 10.7. The second-order valence-corrected chi connectivity index (χ2v) is 4.89. The van der Waals surface area contributed by atoms with Crippen molar-refractivity contribution in [1.29, 1.82) is 0 Å². The van der Waals surface area contributed by atoms with E-state index in [1.54, 1.807) is 0 Å². The van der Waals surface area contributed by atoms with Gasteiger partial charge < -0.3 is 0 Å². The maximum absolute atomic E-state index is 4.75. The van der Waals surface area contributed by atoms with Crippen LogP contribution in [-0.4, -0.2) is 9.78 Å². The summed E-state index contributed by atoms with van der Waals surface area (Å²) >= 11 is 0. The van der Waals surface area contributed by atoms with E-state index in [1.165, 1.54) is 17.0 Å². The standard InChI is InChI=1S/C16H14N3/c1-18-15(12-7-3-2-4-8-12)17-19-11-13-9-5-6-10-14(13)16(18)19/h2-10H,11H2,1H3/q+1. The number of rotatable bonds is 1. The third-order valence-corrected chi connectivity index (χ3v) is 3.71. The van der Waals surface area contributed by atoms with Gasteiger partial charge in [-0.05, 0) is 18.2 Å². The predicted octanol–water partition coefficient (Wildman–Crippen LogP) is 2.40. The van der Waals surface area contributed by atoms with Crippen LogP contribution in [0.2, 0.25) is 0 Å². The molecule has 0 saturated carbocycles. The van der Waals surface area contributed by atoms with Crippen molar-refractivity contribution in [3.63, 3.8) is 0 Å². The minimum Gasteiger partial charge on any atom is -0.226 e. The van der Waals surface area contributed by atoms with Crippen LogP contribution in [0.3, 0.4) is 0 Å². The molecule has 2 aromatic carbocycles. The SMILES string of the molecule is C[n+]1c(-c2ccccc2)nn2c1-c1ccccc1C2. The van der Waals surface area contributed by atoms with Crippen LogP contribution < -0.4 is 4.57 Å². The van der Waals surface area contributed by atoms with Gasteiger partial charge in [0.15, 0.2) is 0 Å². The molecule has 2 heterocycles. The summed E-state index contributed by atoms with van der Waals surface area (Å²) < 4.78 is 4.27. The lowest BCUT2D eigenvalue weighted by Gasteiger charge is -1.98. The fourth-order valence-corrected chi connectivity index (χ4v) is 2.81. The van der Waals surface area contributed by atoms with Crippen LogP contribution in [0.5, 0.6) is 0 Å². The van der Waals surface area contributed by atoms with Crippen molar-refractivity contribution in [1.82, 2.24) is 9.78 Å². The van der Waals surface area contributed by atoms with Crippen molar-refractivity contribution < 1.29 is 4.57 Å². The van der Waals surface area contributed by atoms with E-state index in [2.05, 4.69) is 52.7 Å². The lowest BCUT2D eigenvalue weighted by atomic mass is 10.1. The summed E-state index contributed by atoms with van der Waals surface area (Å²) in [7, 11) is 2.09. The summed E-state index contributed by atoms with van der Waals surface area (Å²) in [5.41, 5.74) is 3.80. The fourth-order valence-electron chi connectivity index (χ4n) is 2.81. The Labute approximate surface area is 111 Å². The van der Waals surface area contributed by atoms with E-state index in [0.717, 1.165) is 17.9 Å². The van der Waals surface area contributed by atoms with Gasteiger partial charge in [-0.25, -0.2) is 4.57 Å². The van der Waals surface area contributed by atoms with E-state index < -0.39 is 0 Å². The normalized spacial score (nSPS) is 12.3. The van der Waals surface area contributed by atoms with Gasteiger partial charge in [-0.1, -0.05) is 36.4 Å². The molecule has 92 valence electrons. The van der Waals surface area contributed by atoms with Crippen LogP contribution in [0.1, 0.15) is 5.56 Å². The minimum absolute atomic E-state index is 0.867. The van der Waals surface area contributed by atoms with Crippen molar-refractivity contribution in [3.8, 4) is 22.8 Å². The third-order valence-electron chi connectivity index (χ3n) is 3.71. The van der Waals surface area contributed by atoms with E-state index in [9.17, 15) is 0 Å². The molecule has 3 nitrogen and oxygen atoms in total. The van der Waals surface area contributed by atoms with Gasteiger partial charge in [-0.3, -0.25) is 0 Å². The fraction of sp³-hybridized carbons (Fsp3) is 0.125. The predicted molar refractivity (Wildman–Crippen MR) is 73.4 cm³/mol. The molecule has 0 amide bonds. The van der Waals surface area contributed by atoms with E-state index in [4.69, 9.17) is 5.10 Å². The minimum atomic E-state index is 0.867. The second-order valence-electron chi connectivity index (χ2n) is 4.89. The zero-order chi connectivity index (χ0) is 12.8. The van der Waals surface area contributed by atoms with Crippen molar-refractivity contribution in [2.24, 2.45) is 7.05 Å². The second kappa shape index (κ2) is 3.79. The molecule has 0 unspecified atom stereocenters. The smallest absolute Gasteiger partial charge is 0.226 e. The summed E-state index contributed by atoms with van der Waals surface area (Å²) in [4.78, 5) is 0. The summed E-state index contributed by atoms with van der Waals surface area (Å²) in [6.07, 6.45) is 0. The number of aromatic nitrogens is 3. The Bertz CT molecular complexity index is 757. The van der Waals surface area contributed by atoms with E-state index in [0.29, 0.717) is 0 Å². The Morgan fingerprint density at radius 1 is 1.00 bits per heavy atom. The molecule has 0 N–H and O–H groups in total. The Morgan fingerprint density at radius 2 is 1.74 bits per heavy atom. The maximum Gasteiger partial charge on any atom is 0.309 e. The van der Waals surface area contributed by atoms with E-state index in [1.807, 2.05) is 18.2 Å². The molecule has 1 aliphatic rings. The Morgan fingerprint density at radius 3 is 2.58 bits per heavy atom. The average Bonchev–Trinajstić information content (AvgIpc) is 2.97. The first kappa shape index (κ1) is 10.5. The van der Waals surface area contributed by atoms with Crippen LogP contribution in [-0.2, 0) is 13.6 Å². The first-order chi connectivity index (χ1) is 9.34. The third kappa shape index (κ3) is 1.45. The van der Waals surface area contributed by atoms with Crippen molar-refractivity contribution in [3.05, 3.63) is 60.2 Å². The Hall–Kier alpha value is -2.42. The molecule has 0 radical (unpaired) electrons. The topological polar surface area (TPSA) is 21.7 Å². The molecular formula is C16H14N3+. The van der Waals surface area contributed by atoms with Crippen LogP contribution in [0, 0.1) is 0 Å². The molecule has 19 heavy (non-hydrogen) atoms. The Balaban J connectivity index is 1.94. The summed E-state index contributed by atoms with van der Waals surface area (Å²) in [5, 5.41) is 4.75. The van der Waals surface area contributed by atoms with E-state index >= 15 is 0 Å². The lowest BCUT2D eigenvalue weighted by Crippen LogP contribution is -2.31. The largest absolute Gasteiger partial charge is 0.309 e. The van der Waals surface area contributed by atoms with Crippen LogP contribution >= 0.6 is 0 Å². The van der Waals surface area contributed by atoms with Gasteiger partial charge in [0, 0.05) is 10.7 Å². The van der Waals surface area contributed by atoms with E-state index in [-0.39, 0.29) is 0 Å². The molecule has 1 aromatic heterocycles. The number of fused-ring (bicyclic) bond motifs is 3. The molecule has 0 bridgehead atoms. The first-order valence-electron chi connectivity index (χ1n) is 6.45. The van der Waals surface area contributed by atoms with Crippen LogP contribution in [0.4, 0.5) is 0 Å². The number of nitrogens with zero attached hydrogens (tertiary/aromatic N) is 3. The molecule has 0 spiro atoms. The van der Waals surface area contributed by atoms with Crippen molar-refractivity contribution >= 4 is 0 Å². The Kier molecular flexibility index (Phi) is 2.09. The number of benzene rings is 2. The summed E-state index contributed by atoms with van der Waals surface area (Å²) in [6, 6.07) is 18.8. The highest BCUT2D eigenvalue weighted by molar-refractivity contribution is 5.63. The van der Waals surface area contributed by atoms with Gasteiger partial charge in [0.1, 0.15) is 6.54 Å². The molecule has 0 fully saturated rings. The van der Waals surface area contributed by atoms with Crippen LogP contribution in [0.15, 0.2) is 54.6 Å². The average molecular weight is 248 g/mol. The van der Waals surface area contributed by atoms with Gasteiger partial charge in [-0.15, -0.1) is 4.68 Å². The van der Waals surface area contributed by atoms with Gasteiger partial charge in [0.05, 0.1) is 18.2 Å². The highest BCUT2D eigenvalue weighted by Gasteiger charge is 2.32. The quantitative estimate of drug-likeness (QED) is 0.474. The van der Waals surface area contributed by atoms with Gasteiger partial charge in [0.25, 0.3) is 5.82 Å². The first-order valence-corrected chi connectivity index (χ1v) is 6.45. The monoisotopic (exact) mass is 248 g/mol. The molecule has 3 heteroatoms. The summed E-state index contributed by atoms with van der Waals surface area (Å²) in [6.45, 7) is 0.867. The zero-order valence-corrected chi connectivity index (χ0v) is 10.7. The maximum atomic E-state index is 4.75. The van der Waals surface area contributed by atoms with Gasteiger partial charge >= 0.3 is 5.82 Å². The molecule has 0 aliphatic carbocycles.